The normalized spacial score (nSPS) is 22.8. The summed E-state index contributed by atoms with van der Waals surface area (Å²) in [7, 11) is 0. The van der Waals surface area contributed by atoms with Gasteiger partial charge in [0.05, 0.1) is 6.04 Å². The van der Waals surface area contributed by atoms with Gasteiger partial charge >= 0.3 is 0 Å². The Labute approximate surface area is 112 Å². The van der Waals surface area contributed by atoms with Crippen molar-refractivity contribution in [2.75, 3.05) is 6.54 Å². The minimum atomic E-state index is -0.0896. The second-order valence-electron chi connectivity index (χ2n) is 5.63. The van der Waals surface area contributed by atoms with Gasteiger partial charge in [-0.05, 0) is 39.5 Å². The Hall–Kier alpha value is -1.65. The van der Waals surface area contributed by atoms with Gasteiger partial charge in [-0.15, -0.1) is 0 Å². The zero-order valence-electron chi connectivity index (χ0n) is 11.4. The highest BCUT2D eigenvalue weighted by molar-refractivity contribution is 5.81. The number of H-pyrrole nitrogens is 1. The maximum absolute atomic E-state index is 12.2. The molecule has 1 saturated heterocycles. The van der Waals surface area contributed by atoms with E-state index in [1.54, 1.807) is 6.92 Å². The smallest absolute Gasteiger partial charge is 0.254 e. The predicted molar refractivity (Wildman–Crippen MR) is 70.7 cm³/mol. The zero-order valence-corrected chi connectivity index (χ0v) is 11.4. The van der Waals surface area contributed by atoms with Crippen LogP contribution < -0.4 is 5.56 Å². The fraction of sp³-hybridized carbons (Fsp3) is 0.643. The van der Waals surface area contributed by atoms with E-state index >= 15 is 0 Å². The Bertz CT molecular complexity index is 575. The lowest BCUT2D eigenvalue weighted by atomic mass is 10.1. The van der Waals surface area contributed by atoms with Gasteiger partial charge in [0.2, 0.25) is 5.91 Å². The van der Waals surface area contributed by atoms with Crippen LogP contribution in [0.2, 0.25) is 0 Å². The molecule has 3 rings (SSSR count). The first kappa shape index (κ1) is 12.4. The van der Waals surface area contributed by atoms with E-state index in [9.17, 15) is 9.59 Å². The number of nitrogens with one attached hydrogen (secondary N) is 1. The number of likely N-dealkylation sites (tertiary alicyclic amines) is 1. The number of nitrogens with zero attached hydrogens (tertiary/aromatic N) is 2. The molecule has 5 nitrogen and oxygen atoms in total. The largest absolute Gasteiger partial charge is 0.332 e. The van der Waals surface area contributed by atoms with Crippen molar-refractivity contribution in [1.29, 1.82) is 0 Å². The fourth-order valence-corrected chi connectivity index (χ4v) is 2.70. The Morgan fingerprint density at radius 3 is 2.68 bits per heavy atom. The molecule has 1 N–H and O–H groups in total. The third-order valence-corrected chi connectivity index (χ3v) is 4.19. The van der Waals surface area contributed by atoms with E-state index in [-0.39, 0.29) is 23.4 Å². The number of aromatic nitrogens is 2. The lowest BCUT2D eigenvalue weighted by Crippen LogP contribution is -2.33. The van der Waals surface area contributed by atoms with E-state index in [1.165, 1.54) is 0 Å². The molecule has 1 amide bonds. The van der Waals surface area contributed by atoms with Crippen molar-refractivity contribution in [3.63, 3.8) is 0 Å². The van der Waals surface area contributed by atoms with Gasteiger partial charge in [0.25, 0.3) is 5.56 Å². The molecule has 19 heavy (non-hydrogen) atoms. The van der Waals surface area contributed by atoms with E-state index in [4.69, 9.17) is 0 Å². The molecule has 0 spiro atoms. The van der Waals surface area contributed by atoms with E-state index in [2.05, 4.69) is 9.97 Å². The molecule has 2 heterocycles. The first-order valence-corrected chi connectivity index (χ1v) is 6.96. The van der Waals surface area contributed by atoms with E-state index in [1.807, 2.05) is 11.8 Å². The lowest BCUT2D eigenvalue weighted by molar-refractivity contribution is -0.133. The number of aryl methyl sites for hydroxylation is 1. The summed E-state index contributed by atoms with van der Waals surface area (Å²) in [5.41, 5.74) is 1.32. The van der Waals surface area contributed by atoms with Crippen LogP contribution in [-0.4, -0.2) is 27.3 Å². The molecule has 2 fully saturated rings. The SMILES string of the molecule is Cc1nc([C@H]2CCCN2C(=O)C2CC2)[nH]c(=O)c1C. The van der Waals surface area contributed by atoms with Crippen molar-refractivity contribution >= 4 is 5.91 Å². The highest BCUT2D eigenvalue weighted by atomic mass is 16.2. The monoisotopic (exact) mass is 261 g/mol. The number of amides is 1. The topological polar surface area (TPSA) is 66.1 Å². The summed E-state index contributed by atoms with van der Waals surface area (Å²) in [6.45, 7) is 4.40. The van der Waals surface area contributed by atoms with Crippen molar-refractivity contribution in [1.82, 2.24) is 14.9 Å². The molecule has 1 aliphatic carbocycles. The molecular weight excluding hydrogens is 242 g/mol. The fourth-order valence-electron chi connectivity index (χ4n) is 2.70. The molecule has 102 valence electrons. The van der Waals surface area contributed by atoms with Gasteiger partial charge in [-0.1, -0.05) is 0 Å². The highest BCUT2D eigenvalue weighted by Crippen LogP contribution is 2.37. The third kappa shape index (κ3) is 2.17. The van der Waals surface area contributed by atoms with Crippen LogP contribution in [0, 0.1) is 19.8 Å². The Morgan fingerprint density at radius 1 is 1.32 bits per heavy atom. The standard InChI is InChI=1S/C14H19N3O2/c1-8-9(2)15-12(16-13(8)18)11-4-3-7-17(11)14(19)10-5-6-10/h10-11H,3-7H2,1-2H3,(H,15,16,18)/t11-/m1/s1. The third-order valence-electron chi connectivity index (χ3n) is 4.19. The molecular formula is C14H19N3O2. The molecule has 0 bridgehead atoms. The number of carbonyl (C=O) groups excluding carboxylic acids is 1. The van der Waals surface area contributed by atoms with E-state index in [0.29, 0.717) is 11.4 Å². The number of rotatable bonds is 2. The van der Waals surface area contributed by atoms with Crippen molar-refractivity contribution in [3.05, 3.63) is 27.4 Å². The summed E-state index contributed by atoms with van der Waals surface area (Å²) in [4.78, 5) is 33.3. The quantitative estimate of drug-likeness (QED) is 0.876. The molecule has 0 radical (unpaired) electrons. The van der Waals surface area contributed by atoms with Gasteiger partial charge in [-0.2, -0.15) is 0 Å². The van der Waals surface area contributed by atoms with Crippen LogP contribution in [0.25, 0.3) is 0 Å². The van der Waals surface area contributed by atoms with Crippen LogP contribution >= 0.6 is 0 Å². The first-order chi connectivity index (χ1) is 9.08. The molecule has 1 aromatic heterocycles. The molecule has 0 unspecified atom stereocenters. The highest BCUT2D eigenvalue weighted by Gasteiger charge is 2.39. The summed E-state index contributed by atoms with van der Waals surface area (Å²) in [6, 6.07) is -0.0416. The Kier molecular flexibility index (Phi) is 2.92. The summed E-state index contributed by atoms with van der Waals surface area (Å²) < 4.78 is 0. The minimum absolute atomic E-state index is 0.0416. The molecule has 1 atom stereocenters. The van der Waals surface area contributed by atoms with Gasteiger partial charge in [0.15, 0.2) is 0 Å². The Balaban J connectivity index is 1.92. The number of hydrogen-bond acceptors (Lipinski definition) is 3. The number of hydrogen-bond donors (Lipinski definition) is 1. The van der Waals surface area contributed by atoms with Gasteiger partial charge in [-0.25, -0.2) is 4.98 Å². The van der Waals surface area contributed by atoms with E-state index < -0.39 is 0 Å². The van der Waals surface area contributed by atoms with Crippen molar-refractivity contribution in [3.8, 4) is 0 Å². The molecule has 1 aliphatic heterocycles. The first-order valence-electron chi connectivity index (χ1n) is 6.96. The Morgan fingerprint density at radius 2 is 2.05 bits per heavy atom. The number of aromatic amines is 1. The second kappa shape index (κ2) is 4.47. The average Bonchev–Trinajstić information content (AvgIpc) is 3.11. The van der Waals surface area contributed by atoms with Gasteiger partial charge in [0, 0.05) is 23.7 Å². The average molecular weight is 261 g/mol. The zero-order chi connectivity index (χ0) is 13.6. The summed E-state index contributed by atoms with van der Waals surface area (Å²) in [5, 5.41) is 0. The van der Waals surface area contributed by atoms with Crippen molar-refractivity contribution in [2.45, 2.75) is 45.6 Å². The van der Waals surface area contributed by atoms with Crippen LogP contribution in [0.3, 0.4) is 0 Å². The summed E-state index contributed by atoms with van der Waals surface area (Å²) >= 11 is 0. The van der Waals surface area contributed by atoms with Crippen LogP contribution in [0.1, 0.15) is 48.8 Å². The van der Waals surface area contributed by atoms with Crippen molar-refractivity contribution < 1.29 is 4.79 Å². The van der Waals surface area contributed by atoms with Gasteiger partial charge in [-0.3, -0.25) is 9.59 Å². The van der Waals surface area contributed by atoms with Crippen LogP contribution in [-0.2, 0) is 4.79 Å². The molecule has 2 aliphatic rings. The lowest BCUT2D eigenvalue weighted by Gasteiger charge is -2.24. The molecule has 1 saturated carbocycles. The van der Waals surface area contributed by atoms with Gasteiger partial charge < -0.3 is 9.88 Å². The van der Waals surface area contributed by atoms with E-state index in [0.717, 1.165) is 37.9 Å². The molecule has 0 aromatic carbocycles. The summed E-state index contributed by atoms with van der Waals surface area (Å²) in [5.74, 6) is 1.11. The maximum atomic E-state index is 12.2. The second-order valence-corrected chi connectivity index (χ2v) is 5.63. The minimum Gasteiger partial charge on any atom is -0.332 e. The number of carbonyl (C=O) groups is 1. The summed E-state index contributed by atoms with van der Waals surface area (Å²) in [6.07, 6.45) is 3.90. The molecule has 5 heteroatoms. The van der Waals surface area contributed by atoms with Crippen LogP contribution in [0.15, 0.2) is 4.79 Å². The van der Waals surface area contributed by atoms with Crippen LogP contribution in [0.5, 0.6) is 0 Å². The van der Waals surface area contributed by atoms with Gasteiger partial charge in [0.1, 0.15) is 5.82 Å². The molecule has 1 aromatic rings. The van der Waals surface area contributed by atoms with Crippen molar-refractivity contribution in [2.24, 2.45) is 5.92 Å². The van der Waals surface area contributed by atoms with Crippen LogP contribution in [0.4, 0.5) is 0 Å². The predicted octanol–water partition coefficient (Wildman–Crippen LogP) is 1.46. The maximum Gasteiger partial charge on any atom is 0.254 e.